The predicted octanol–water partition coefficient (Wildman–Crippen LogP) is 5.70. The Morgan fingerprint density at radius 2 is 1.85 bits per heavy atom. The van der Waals surface area contributed by atoms with Gasteiger partial charge < -0.3 is 19.5 Å². The molecule has 0 fully saturated rings. The molecule has 0 bridgehead atoms. The van der Waals surface area contributed by atoms with Crippen molar-refractivity contribution < 1.29 is 46.5 Å². The number of alkyl halides is 3. The zero-order chi connectivity index (χ0) is 29.6. The van der Waals surface area contributed by atoms with Crippen LogP contribution in [-0.4, -0.2) is 53.8 Å². The molecule has 2 amide bonds. The third-order valence-electron chi connectivity index (χ3n) is 6.69. The van der Waals surface area contributed by atoms with E-state index in [2.05, 4.69) is 4.74 Å². The van der Waals surface area contributed by atoms with E-state index < -0.39 is 54.0 Å². The number of rotatable bonds is 10. The molecular weight excluding hydrogens is 536 g/mol. The van der Waals surface area contributed by atoms with Crippen LogP contribution in [0.3, 0.4) is 0 Å². The summed E-state index contributed by atoms with van der Waals surface area (Å²) in [6.45, 7) is 2.40. The SMILES string of the molecule is COC(=O)CN(C(=O)C(F)(F)F)c1c(OCc2ccccc2)cc2c(c1F)C[C@H](CCCC(C)C)N(C(=O)O)C2. The number of amides is 2. The Morgan fingerprint density at radius 3 is 2.42 bits per heavy atom. The molecule has 0 radical (unpaired) electrons. The number of hydrogen-bond acceptors (Lipinski definition) is 5. The third kappa shape index (κ3) is 7.42. The Hall–Kier alpha value is -3.83. The van der Waals surface area contributed by atoms with E-state index in [1.54, 1.807) is 30.3 Å². The summed E-state index contributed by atoms with van der Waals surface area (Å²) in [5, 5.41) is 9.84. The molecule has 2 aromatic rings. The summed E-state index contributed by atoms with van der Waals surface area (Å²) in [6.07, 6.45) is -4.88. The van der Waals surface area contributed by atoms with Crippen LogP contribution in [0.2, 0.25) is 0 Å². The van der Waals surface area contributed by atoms with E-state index in [0.717, 1.165) is 13.5 Å². The molecule has 1 aliphatic heterocycles. The number of halogens is 4. The molecule has 0 saturated heterocycles. The Bertz CT molecular complexity index is 1220. The number of carboxylic acid groups (broad SMARTS) is 1. The van der Waals surface area contributed by atoms with Crippen molar-refractivity contribution in [1.29, 1.82) is 0 Å². The van der Waals surface area contributed by atoms with E-state index in [1.165, 1.54) is 11.0 Å². The van der Waals surface area contributed by atoms with Crippen LogP contribution >= 0.6 is 0 Å². The molecule has 1 atom stereocenters. The summed E-state index contributed by atoms with van der Waals surface area (Å²) in [7, 11) is 0.927. The van der Waals surface area contributed by atoms with Crippen LogP contribution in [-0.2, 0) is 33.9 Å². The second-order valence-electron chi connectivity index (χ2n) is 10.0. The van der Waals surface area contributed by atoms with E-state index in [4.69, 9.17) is 4.74 Å². The van der Waals surface area contributed by atoms with Gasteiger partial charge in [0, 0.05) is 12.6 Å². The lowest BCUT2D eigenvalue weighted by Gasteiger charge is -2.37. The largest absolute Gasteiger partial charge is 0.487 e. The second-order valence-corrected chi connectivity index (χ2v) is 10.0. The molecule has 0 aliphatic carbocycles. The molecule has 1 heterocycles. The van der Waals surface area contributed by atoms with Crippen LogP contribution in [0.15, 0.2) is 36.4 Å². The summed E-state index contributed by atoms with van der Waals surface area (Å²) in [5.41, 5.74) is -0.0824. The fourth-order valence-electron chi connectivity index (χ4n) is 4.67. The molecule has 0 unspecified atom stereocenters. The standard InChI is InChI=1S/C28H32F4N2O6/c1-17(2)8-7-11-20-13-21-19(14-33(20)27(37)38)12-22(40-16-18-9-5-4-6-10-18)25(24(21)29)34(15-23(35)39-3)26(36)28(30,31)32/h4-6,9-10,12,17,20H,7-8,11,13-16H2,1-3H3,(H,37,38)/t20-/m0/s1. The van der Waals surface area contributed by atoms with Gasteiger partial charge in [-0.15, -0.1) is 0 Å². The van der Waals surface area contributed by atoms with Crippen LogP contribution in [0, 0.1) is 11.7 Å². The van der Waals surface area contributed by atoms with Gasteiger partial charge in [-0.05, 0) is 41.5 Å². The number of benzene rings is 2. The molecule has 0 aromatic heterocycles. The summed E-state index contributed by atoms with van der Waals surface area (Å²) in [6, 6.07) is 9.11. The first-order valence-electron chi connectivity index (χ1n) is 12.8. The summed E-state index contributed by atoms with van der Waals surface area (Å²) >= 11 is 0. The number of fused-ring (bicyclic) bond motifs is 1. The average Bonchev–Trinajstić information content (AvgIpc) is 2.90. The minimum absolute atomic E-state index is 0.0287. The lowest BCUT2D eigenvalue weighted by Crippen LogP contribution is -2.46. The minimum atomic E-state index is -5.44. The lowest BCUT2D eigenvalue weighted by atomic mass is 9.89. The van der Waals surface area contributed by atoms with Crippen LogP contribution in [0.5, 0.6) is 5.75 Å². The molecule has 8 nitrogen and oxygen atoms in total. The minimum Gasteiger partial charge on any atom is -0.487 e. The van der Waals surface area contributed by atoms with Crippen molar-refractivity contribution in [2.45, 2.75) is 64.9 Å². The summed E-state index contributed by atoms with van der Waals surface area (Å²) < 4.78 is 67.3. The second kappa shape index (κ2) is 13.0. The maximum atomic E-state index is 16.3. The zero-order valence-corrected chi connectivity index (χ0v) is 22.5. The Kier molecular flexibility index (Phi) is 9.99. The van der Waals surface area contributed by atoms with Crippen LogP contribution in [0.1, 0.15) is 49.8 Å². The summed E-state index contributed by atoms with van der Waals surface area (Å²) in [5.74, 6) is -4.93. The van der Waals surface area contributed by atoms with Gasteiger partial charge in [-0.2, -0.15) is 13.2 Å². The van der Waals surface area contributed by atoms with Gasteiger partial charge in [-0.1, -0.05) is 57.0 Å². The molecule has 3 rings (SSSR count). The first kappa shape index (κ1) is 30.7. The number of carbonyl (C=O) groups excluding carboxylic acids is 2. The molecule has 1 N–H and O–H groups in total. The van der Waals surface area contributed by atoms with Gasteiger partial charge >= 0.3 is 24.1 Å². The Labute approximate surface area is 229 Å². The first-order chi connectivity index (χ1) is 18.8. The molecule has 0 saturated carbocycles. The average molecular weight is 569 g/mol. The number of anilines is 1. The van der Waals surface area contributed by atoms with E-state index in [0.29, 0.717) is 24.3 Å². The van der Waals surface area contributed by atoms with E-state index in [-0.39, 0.29) is 35.6 Å². The highest BCUT2D eigenvalue weighted by molar-refractivity contribution is 6.02. The highest BCUT2D eigenvalue weighted by Gasteiger charge is 2.46. The van der Waals surface area contributed by atoms with Crippen molar-refractivity contribution >= 4 is 23.7 Å². The number of hydrogen-bond donors (Lipinski definition) is 1. The molecule has 40 heavy (non-hydrogen) atoms. The summed E-state index contributed by atoms with van der Waals surface area (Å²) in [4.78, 5) is 37.7. The van der Waals surface area contributed by atoms with Crippen molar-refractivity contribution in [2.24, 2.45) is 5.92 Å². The Morgan fingerprint density at radius 1 is 1.18 bits per heavy atom. The van der Waals surface area contributed by atoms with Crippen molar-refractivity contribution in [1.82, 2.24) is 4.90 Å². The third-order valence-corrected chi connectivity index (χ3v) is 6.69. The first-order valence-corrected chi connectivity index (χ1v) is 12.8. The number of nitrogens with zero attached hydrogens (tertiary/aromatic N) is 2. The maximum Gasteiger partial charge on any atom is 0.471 e. The monoisotopic (exact) mass is 568 g/mol. The molecule has 1 aliphatic rings. The van der Waals surface area contributed by atoms with Crippen molar-refractivity contribution in [3.63, 3.8) is 0 Å². The lowest BCUT2D eigenvalue weighted by molar-refractivity contribution is -0.171. The van der Waals surface area contributed by atoms with Gasteiger partial charge in [-0.25, -0.2) is 9.18 Å². The highest BCUT2D eigenvalue weighted by Crippen LogP contribution is 2.41. The van der Waals surface area contributed by atoms with Gasteiger partial charge in [0.2, 0.25) is 0 Å². The van der Waals surface area contributed by atoms with Crippen LogP contribution in [0.25, 0.3) is 0 Å². The fourth-order valence-corrected chi connectivity index (χ4v) is 4.67. The predicted molar refractivity (Wildman–Crippen MR) is 137 cm³/mol. The molecule has 12 heteroatoms. The topological polar surface area (TPSA) is 96.4 Å². The van der Waals surface area contributed by atoms with Gasteiger partial charge in [-0.3, -0.25) is 14.5 Å². The van der Waals surface area contributed by atoms with Crippen molar-refractivity contribution in [3.8, 4) is 5.75 Å². The maximum absolute atomic E-state index is 16.3. The van der Waals surface area contributed by atoms with Gasteiger partial charge in [0.25, 0.3) is 0 Å². The zero-order valence-electron chi connectivity index (χ0n) is 22.5. The number of ether oxygens (including phenoxy) is 2. The number of carbonyl (C=O) groups is 3. The van der Waals surface area contributed by atoms with Crippen molar-refractivity contribution in [3.05, 3.63) is 58.9 Å². The molecular formula is C28H32F4N2O6. The molecule has 0 spiro atoms. The number of methoxy groups -OCH3 is 1. The molecule has 2 aromatic carbocycles. The fraction of sp³-hybridized carbons (Fsp3) is 0.464. The normalized spacial score (nSPS) is 15.0. The van der Waals surface area contributed by atoms with Crippen LogP contribution < -0.4 is 9.64 Å². The Balaban J connectivity index is 2.14. The highest BCUT2D eigenvalue weighted by atomic mass is 19.4. The smallest absolute Gasteiger partial charge is 0.471 e. The van der Waals surface area contributed by atoms with Gasteiger partial charge in [0.1, 0.15) is 24.6 Å². The van der Waals surface area contributed by atoms with E-state index >= 15 is 4.39 Å². The van der Waals surface area contributed by atoms with Gasteiger partial charge in [0.15, 0.2) is 5.82 Å². The van der Waals surface area contributed by atoms with Crippen molar-refractivity contribution in [2.75, 3.05) is 18.6 Å². The van der Waals surface area contributed by atoms with Gasteiger partial charge in [0.05, 0.1) is 7.11 Å². The van der Waals surface area contributed by atoms with E-state index in [1.807, 2.05) is 13.8 Å². The quantitative estimate of drug-likeness (QED) is 0.292. The van der Waals surface area contributed by atoms with E-state index in [9.17, 15) is 32.7 Å². The number of esters is 1. The van der Waals surface area contributed by atoms with Crippen LogP contribution in [0.4, 0.5) is 28.0 Å². The molecule has 218 valence electrons.